The minimum absolute atomic E-state index is 1.45. The predicted molar refractivity (Wildman–Crippen MR) is 48.4 cm³/mol. The monoisotopic (exact) mass is 362 g/mol. The first-order chi connectivity index (χ1) is 9.72. The molecule has 10 aliphatic heterocycles. The van der Waals surface area contributed by atoms with Gasteiger partial charge in [0.05, 0.1) is 0 Å². The highest BCUT2D eigenvalue weighted by atomic mass is 31.2. The molecule has 8 bridgehead atoms. The van der Waals surface area contributed by atoms with E-state index in [1.54, 1.807) is 0 Å². The van der Waals surface area contributed by atoms with Crippen LogP contribution in [0.15, 0.2) is 0 Å². The Hall–Kier alpha value is 0.290. The van der Waals surface area contributed by atoms with Crippen molar-refractivity contribution in [1.82, 2.24) is 0 Å². The van der Waals surface area contributed by atoms with Gasteiger partial charge in [-0.2, -0.15) is 0 Å². The lowest BCUT2D eigenvalue weighted by molar-refractivity contribution is -0.411. The van der Waals surface area contributed by atoms with Crippen LogP contribution in [0.25, 0.3) is 0 Å². The zero-order chi connectivity index (χ0) is 14.1. The molecular weight excluding hydrogens is 361 g/mol. The van der Waals surface area contributed by atoms with Crippen molar-refractivity contribution >= 4 is 23.5 Å². The van der Waals surface area contributed by atoms with E-state index in [0.717, 1.165) is 0 Å². The summed E-state index contributed by atoms with van der Waals surface area (Å²) in [6, 6.07) is 0. The highest BCUT2D eigenvalue weighted by Gasteiger charge is 3.11. The minimum Gasteiger partial charge on any atom is -0.278 e. The summed E-state index contributed by atoms with van der Waals surface area (Å²) in [5, 5.41) is 0. The van der Waals surface area contributed by atoms with Crippen molar-refractivity contribution in [3.05, 3.63) is 0 Å². The normalized spacial score (nSPS) is 80.9. The van der Waals surface area contributed by atoms with E-state index in [1.165, 1.54) is 0 Å². The van der Waals surface area contributed by atoms with Crippen LogP contribution in [0.5, 0.6) is 0 Å². The first-order valence-corrected chi connectivity index (χ1v) is 9.92. The van der Waals surface area contributed by atoms with Crippen molar-refractivity contribution in [3.8, 4) is 0 Å². The third-order valence-corrected chi connectivity index (χ3v) is 8.26. The third-order valence-electron chi connectivity index (χ3n) is 4.01. The second-order valence-corrected chi connectivity index (χ2v) is 9.47. The Bertz CT molecular complexity index is 789. The summed E-state index contributed by atoms with van der Waals surface area (Å²) in [7, 11) is -12.0. The molecule has 21 heavy (non-hydrogen) atoms. The summed E-state index contributed by atoms with van der Waals surface area (Å²) in [4.78, 5) is 0. The van der Waals surface area contributed by atoms with Gasteiger partial charge in [-0.25, -0.2) is 54.4 Å². The van der Waals surface area contributed by atoms with Crippen LogP contribution in [-0.2, 0) is 59.1 Å². The average Bonchev–Trinajstić information content (AvgIpc) is 2.78. The molecule has 2 atom stereocenters. The fraction of sp³-hybridized carbons (Fsp3) is 1.00. The van der Waals surface area contributed by atoms with Gasteiger partial charge in [0.1, 0.15) is 0 Å². The standard InChI is InChI=1S/C5HO13P3/c6-19-9-1(10-19)2-3(13-20(7,12-2)14-3)4-5(11-2,17-19)18-21(8,15-4)16-4/h1H. The zero-order valence-electron chi connectivity index (χ0n) is 9.23. The topological polar surface area (TPSA) is 144 Å². The molecule has 10 rings (SSSR count). The first-order valence-electron chi connectivity index (χ1n) is 5.54. The second kappa shape index (κ2) is 2.47. The van der Waals surface area contributed by atoms with E-state index >= 15 is 0 Å². The van der Waals surface area contributed by atoms with Gasteiger partial charge in [0.25, 0.3) is 5.79 Å². The summed E-state index contributed by atoms with van der Waals surface area (Å²) < 4.78 is 87.0. The van der Waals surface area contributed by atoms with E-state index in [9.17, 15) is 13.7 Å². The molecule has 16 heteroatoms. The van der Waals surface area contributed by atoms with Gasteiger partial charge in [-0.3, -0.25) is 4.74 Å². The minimum atomic E-state index is -4.05. The molecule has 2 unspecified atom stereocenters. The third kappa shape index (κ3) is 0.814. The molecule has 10 heterocycles. The van der Waals surface area contributed by atoms with E-state index in [0.29, 0.717) is 0 Å². The van der Waals surface area contributed by atoms with Gasteiger partial charge in [0.15, 0.2) is 0 Å². The van der Waals surface area contributed by atoms with E-state index in [1.807, 2.05) is 0 Å². The Morgan fingerprint density at radius 3 is 1.95 bits per heavy atom. The van der Waals surface area contributed by atoms with Crippen LogP contribution in [-0.4, -0.2) is 29.6 Å². The van der Waals surface area contributed by atoms with Crippen LogP contribution >= 0.6 is 23.5 Å². The van der Waals surface area contributed by atoms with Crippen molar-refractivity contribution < 1.29 is 59.1 Å². The number of ether oxygens (including phenoxy) is 1. The average molecular weight is 362 g/mol. The maximum atomic E-state index is 12.1. The second-order valence-electron chi connectivity index (χ2n) is 5.08. The molecule has 114 valence electrons. The van der Waals surface area contributed by atoms with Crippen LogP contribution in [0.4, 0.5) is 0 Å². The molecule has 0 aliphatic carbocycles. The number of hydrogen-bond donors (Lipinski definition) is 0. The van der Waals surface area contributed by atoms with E-state index < -0.39 is 53.1 Å². The summed E-state index contributed by atoms with van der Waals surface area (Å²) in [5.74, 6) is -8.79. The number of phosphoric ester groups is 3. The number of hydrogen-bond acceptors (Lipinski definition) is 13. The van der Waals surface area contributed by atoms with Gasteiger partial charge in [-0.15, -0.1) is 0 Å². The molecule has 0 aromatic rings. The van der Waals surface area contributed by atoms with Gasteiger partial charge in [0.2, 0.25) is 6.29 Å². The van der Waals surface area contributed by atoms with E-state index in [4.69, 9.17) is 45.5 Å². The Morgan fingerprint density at radius 2 is 1.24 bits per heavy atom. The van der Waals surface area contributed by atoms with Crippen molar-refractivity contribution in [1.29, 1.82) is 0 Å². The molecule has 0 aromatic carbocycles. The molecule has 0 N–H and O–H groups in total. The van der Waals surface area contributed by atoms with Gasteiger partial charge in [-0.05, 0) is 0 Å². The van der Waals surface area contributed by atoms with Gasteiger partial charge >= 0.3 is 41.0 Å². The van der Waals surface area contributed by atoms with Crippen molar-refractivity contribution in [2.45, 2.75) is 29.6 Å². The first kappa shape index (κ1) is 11.8. The molecule has 0 radical (unpaired) electrons. The van der Waals surface area contributed by atoms with Crippen molar-refractivity contribution in [3.63, 3.8) is 0 Å². The number of rotatable bonds is 0. The SMILES string of the molecule is O=P12OC(O1)C13OC4(O2)OP2(=O)OC4(O2)C12OP(=O)(O3)O2. The van der Waals surface area contributed by atoms with Crippen LogP contribution in [0, 0.1) is 0 Å². The lowest BCUT2D eigenvalue weighted by atomic mass is 9.98. The molecule has 0 saturated carbocycles. The Morgan fingerprint density at radius 1 is 0.667 bits per heavy atom. The van der Waals surface area contributed by atoms with E-state index in [-0.39, 0.29) is 0 Å². The van der Waals surface area contributed by atoms with Gasteiger partial charge in [-0.1, -0.05) is 0 Å². The highest BCUT2D eigenvalue weighted by molar-refractivity contribution is 7.52. The van der Waals surface area contributed by atoms with Crippen LogP contribution < -0.4 is 0 Å². The molecule has 10 aliphatic rings. The summed E-state index contributed by atoms with van der Waals surface area (Å²) in [6.45, 7) is 0. The quantitative estimate of drug-likeness (QED) is 0.556. The Labute approximate surface area is 113 Å². The van der Waals surface area contributed by atoms with Crippen LogP contribution in [0.3, 0.4) is 0 Å². The summed E-state index contributed by atoms with van der Waals surface area (Å²) >= 11 is 0. The highest BCUT2D eigenvalue weighted by Crippen LogP contribution is 2.97. The lowest BCUT2D eigenvalue weighted by Crippen LogP contribution is -2.73. The van der Waals surface area contributed by atoms with Gasteiger partial charge in [0, 0.05) is 0 Å². The summed E-state index contributed by atoms with van der Waals surface area (Å²) in [6.07, 6.45) is -1.45. The maximum Gasteiger partial charge on any atom is 0.485 e. The van der Waals surface area contributed by atoms with Crippen LogP contribution in [0.1, 0.15) is 0 Å². The van der Waals surface area contributed by atoms with Crippen molar-refractivity contribution in [2.75, 3.05) is 0 Å². The molecule has 10 fully saturated rings. The molecule has 0 amide bonds. The smallest absolute Gasteiger partial charge is 0.278 e. The maximum absolute atomic E-state index is 12.1. The van der Waals surface area contributed by atoms with Gasteiger partial charge < -0.3 is 0 Å². The molecule has 0 aromatic heterocycles. The molecule has 4 spiro atoms. The largest absolute Gasteiger partial charge is 0.485 e. The molecular formula is C5HO13P3. The summed E-state index contributed by atoms with van der Waals surface area (Å²) in [5.41, 5.74) is 0. The van der Waals surface area contributed by atoms with Crippen molar-refractivity contribution in [2.24, 2.45) is 0 Å². The lowest BCUT2D eigenvalue weighted by Gasteiger charge is -2.50. The Balaban J connectivity index is 1.58. The fourth-order valence-electron chi connectivity index (χ4n) is 3.35. The van der Waals surface area contributed by atoms with Crippen LogP contribution in [0.2, 0.25) is 0 Å². The van der Waals surface area contributed by atoms with E-state index in [2.05, 4.69) is 0 Å². The fourth-order valence-corrected chi connectivity index (χ4v) is 8.20. The Kier molecular flexibility index (Phi) is 1.38. The molecule has 13 nitrogen and oxygen atoms in total. The zero-order valence-corrected chi connectivity index (χ0v) is 11.9. The number of phosphoric acid groups is 3. The predicted octanol–water partition coefficient (Wildman–Crippen LogP) is 0.641. The molecule has 10 saturated heterocycles.